The van der Waals surface area contributed by atoms with E-state index in [1.165, 1.54) is 4.90 Å². The number of nitrogens with zero attached hydrogens (tertiary/aromatic N) is 1. The zero-order valence-corrected chi connectivity index (χ0v) is 11.7. The van der Waals surface area contributed by atoms with E-state index >= 15 is 0 Å². The molecule has 1 aliphatic heterocycles. The predicted octanol–water partition coefficient (Wildman–Crippen LogP) is 1.39. The Morgan fingerprint density at radius 3 is 2.58 bits per heavy atom. The van der Waals surface area contributed by atoms with E-state index in [0.29, 0.717) is 22.3 Å². The number of para-hydroxylation sites is 1. The van der Waals surface area contributed by atoms with Crippen molar-refractivity contribution in [3.63, 3.8) is 0 Å². The fourth-order valence-electron chi connectivity index (χ4n) is 1.80. The zero-order chi connectivity index (χ0) is 14.0. The standard InChI is InChI=1S/C13H14N2O3S/c1-15-12(16)9(14-13(15)19)7-8-5-4-6-10(17-2)11(8)18-3/h4-7H,1-3H3,(H,14,19)/b9-7+. The van der Waals surface area contributed by atoms with Gasteiger partial charge in [0.15, 0.2) is 16.6 Å². The van der Waals surface area contributed by atoms with Crippen LogP contribution in [0.4, 0.5) is 0 Å². The average Bonchev–Trinajstić information content (AvgIpc) is 2.66. The Bertz CT molecular complexity index is 569. The third-order valence-corrected chi connectivity index (χ3v) is 3.19. The molecule has 1 aromatic rings. The van der Waals surface area contributed by atoms with Gasteiger partial charge in [-0.1, -0.05) is 12.1 Å². The summed E-state index contributed by atoms with van der Waals surface area (Å²) in [6.45, 7) is 0. The number of amides is 1. The van der Waals surface area contributed by atoms with Gasteiger partial charge in [0.05, 0.1) is 14.2 Å². The van der Waals surface area contributed by atoms with E-state index in [2.05, 4.69) is 5.32 Å². The maximum atomic E-state index is 11.9. The third-order valence-electron chi connectivity index (χ3n) is 2.81. The van der Waals surface area contributed by atoms with E-state index in [9.17, 15) is 4.79 Å². The first-order valence-corrected chi connectivity index (χ1v) is 6.01. The van der Waals surface area contributed by atoms with Crippen LogP contribution in [0, 0.1) is 0 Å². The number of benzene rings is 1. The molecule has 19 heavy (non-hydrogen) atoms. The highest BCUT2D eigenvalue weighted by Crippen LogP contribution is 2.32. The molecule has 0 unspecified atom stereocenters. The fourth-order valence-corrected chi connectivity index (χ4v) is 2.00. The van der Waals surface area contributed by atoms with Gasteiger partial charge in [-0.3, -0.25) is 9.69 Å². The molecule has 5 nitrogen and oxygen atoms in total. The Kier molecular flexibility index (Phi) is 3.71. The van der Waals surface area contributed by atoms with Crippen LogP contribution in [0.1, 0.15) is 5.56 Å². The lowest BCUT2D eigenvalue weighted by atomic mass is 10.1. The van der Waals surface area contributed by atoms with Gasteiger partial charge in [-0.2, -0.15) is 0 Å². The van der Waals surface area contributed by atoms with E-state index in [-0.39, 0.29) is 5.91 Å². The third kappa shape index (κ3) is 2.39. The minimum atomic E-state index is -0.171. The van der Waals surface area contributed by atoms with Crippen LogP contribution in [0.15, 0.2) is 23.9 Å². The summed E-state index contributed by atoms with van der Waals surface area (Å²) in [5, 5.41) is 3.25. The van der Waals surface area contributed by atoms with Crippen molar-refractivity contribution in [3.8, 4) is 11.5 Å². The van der Waals surface area contributed by atoms with Crippen molar-refractivity contribution in [3.05, 3.63) is 29.5 Å². The molecule has 2 rings (SSSR count). The van der Waals surface area contributed by atoms with Gasteiger partial charge in [0.25, 0.3) is 5.91 Å². The number of hydrogen-bond donors (Lipinski definition) is 1. The molecule has 1 fully saturated rings. The highest BCUT2D eigenvalue weighted by Gasteiger charge is 2.27. The minimum absolute atomic E-state index is 0.171. The maximum absolute atomic E-state index is 11.9. The molecular weight excluding hydrogens is 264 g/mol. The summed E-state index contributed by atoms with van der Waals surface area (Å²) in [7, 11) is 4.75. The van der Waals surface area contributed by atoms with Crippen molar-refractivity contribution in [2.45, 2.75) is 0 Å². The number of hydrogen-bond acceptors (Lipinski definition) is 4. The Morgan fingerprint density at radius 1 is 1.32 bits per heavy atom. The summed E-state index contributed by atoms with van der Waals surface area (Å²) in [4.78, 5) is 13.3. The van der Waals surface area contributed by atoms with Gasteiger partial charge in [0.2, 0.25) is 0 Å². The van der Waals surface area contributed by atoms with E-state index < -0.39 is 0 Å². The lowest BCUT2D eigenvalue weighted by Gasteiger charge is -2.10. The molecule has 6 heteroatoms. The molecular formula is C13H14N2O3S. The van der Waals surface area contributed by atoms with Gasteiger partial charge in [0.1, 0.15) is 5.70 Å². The fraction of sp³-hybridized carbons (Fsp3) is 0.231. The number of carbonyl (C=O) groups excluding carboxylic acids is 1. The van der Waals surface area contributed by atoms with Crippen LogP contribution in [0.3, 0.4) is 0 Å². The van der Waals surface area contributed by atoms with Crippen LogP contribution in [0.25, 0.3) is 6.08 Å². The summed E-state index contributed by atoms with van der Waals surface area (Å²) in [5.41, 5.74) is 1.16. The topological polar surface area (TPSA) is 50.8 Å². The second-order valence-corrected chi connectivity index (χ2v) is 4.32. The van der Waals surface area contributed by atoms with Gasteiger partial charge < -0.3 is 14.8 Å². The average molecular weight is 278 g/mol. The molecule has 0 aromatic heterocycles. The van der Waals surface area contributed by atoms with Crippen LogP contribution in [0.5, 0.6) is 11.5 Å². The van der Waals surface area contributed by atoms with Crippen LogP contribution in [-0.4, -0.2) is 37.2 Å². The summed E-state index contributed by atoms with van der Waals surface area (Å²) in [6.07, 6.45) is 1.69. The lowest BCUT2D eigenvalue weighted by molar-refractivity contribution is -0.121. The number of ether oxygens (including phenoxy) is 2. The smallest absolute Gasteiger partial charge is 0.276 e. The van der Waals surface area contributed by atoms with Crippen molar-refractivity contribution in [1.82, 2.24) is 10.2 Å². The van der Waals surface area contributed by atoms with E-state index in [4.69, 9.17) is 21.7 Å². The highest BCUT2D eigenvalue weighted by atomic mass is 32.1. The van der Waals surface area contributed by atoms with Crippen molar-refractivity contribution >= 4 is 29.3 Å². The first-order valence-electron chi connectivity index (χ1n) is 5.60. The summed E-state index contributed by atoms with van der Waals surface area (Å²) >= 11 is 5.02. The second-order valence-electron chi connectivity index (χ2n) is 3.94. The van der Waals surface area contributed by atoms with Gasteiger partial charge in [0, 0.05) is 12.6 Å². The molecule has 1 N–H and O–H groups in total. The predicted molar refractivity (Wildman–Crippen MR) is 76.0 cm³/mol. The molecule has 0 aliphatic carbocycles. The van der Waals surface area contributed by atoms with Crippen molar-refractivity contribution in [1.29, 1.82) is 0 Å². The highest BCUT2D eigenvalue weighted by molar-refractivity contribution is 7.80. The zero-order valence-electron chi connectivity index (χ0n) is 10.9. The molecule has 1 saturated heterocycles. The van der Waals surface area contributed by atoms with Gasteiger partial charge in [-0.15, -0.1) is 0 Å². The van der Waals surface area contributed by atoms with Crippen molar-refractivity contribution in [2.24, 2.45) is 0 Å². The molecule has 1 aliphatic rings. The Morgan fingerprint density at radius 2 is 2.05 bits per heavy atom. The van der Waals surface area contributed by atoms with E-state index in [1.54, 1.807) is 33.4 Å². The van der Waals surface area contributed by atoms with Crippen LogP contribution >= 0.6 is 12.2 Å². The normalized spacial score (nSPS) is 16.8. The van der Waals surface area contributed by atoms with Crippen LogP contribution in [0.2, 0.25) is 0 Å². The van der Waals surface area contributed by atoms with Gasteiger partial charge in [-0.05, 0) is 24.4 Å². The second kappa shape index (κ2) is 5.27. The summed E-state index contributed by atoms with van der Waals surface area (Å²) in [5.74, 6) is 1.01. The van der Waals surface area contributed by atoms with Gasteiger partial charge >= 0.3 is 0 Å². The molecule has 100 valence electrons. The number of thiocarbonyl (C=S) groups is 1. The lowest BCUT2D eigenvalue weighted by Crippen LogP contribution is -2.25. The molecule has 0 bridgehead atoms. The number of nitrogens with one attached hydrogen (secondary N) is 1. The molecule has 1 amide bonds. The van der Waals surface area contributed by atoms with Crippen molar-refractivity contribution in [2.75, 3.05) is 21.3 Å². The van der Waals surface area contributed by atoms with Gasteiger partial charge in [-0.25, -0.2) is 0 Å². The largest absolute Gasteiger partial charge is 0.493 e. The molecule has 1 heterocycles. The minimum Gasteiger partial charge on any atom is -0.493 e. The van der Waals surface area contributed by atoms with Crippen molar-refractivity contribution < 1.29 is 14.3 Å². The number of carbonyl (C=O) groups is 1. The Balaban J connectivity index is 2.44. The molecule has 0 spiro atoms. The SMILES string of the molecule is COc1cccc(/C=C2/NC(=S)N(C)C2=O)c1OC. The molecule has 0 saturated carbocycles. The monoisotopic (exact) mass is 278 g/mol. The summed E-state index contributed by atoms with van der Waals surface area (Å²) < 4.78 is 10.5. The Labute approximate surface area is 116 Å². The quantitative estimate of drug-likeness (QED) is 0.669. The van der Waals surface area contributed by atoms with E-state index in [0.717, 1.165) is 5.56 Å². The summed E-state index contributed by atoms with van der Waals surface area (Å²) in [6, 6.07) is 5.46. The van der Waals surface area contributed by atoms with Crippen LogP contribution in [-0.2, 0) is 4.79 Å². The molecule has 1 aromatic carbocycles. The first-order chi connectivity index (χ1) is 9.08. The van der Waals surface area contributed by atoms with Crippen LogP contribution < -0.4 is 14.8 Å². The first kappa shape index (κ1) is 13.4. The Hall–Kier alpha value is -2.08. The number of rotatable bonds is 3. The molecule has 0 atom stereocenters. The number of likely N-dealkylation sites (N-methyl/N-ethyl adjacent to an activating group) is 1. The van der Waals surface area contributed by atoms with E-state index in [1.807, 2.05) is 12.1 Å². The number of methoxy groups -OCH3 is 2. The maximum Gasteiger partial charge on any atom is 0.276 e. The molecule has 0 radical (unpaired) electrons.